The molecule has 15 heteroatoms. The van der Waals surface area contributed by atoms with Crippen LogP contribution < -0.4 is 0 Å². The molecule has 0 spiro atoms. The van der Waals surface area contributed by atoms with Crippen LogP contribution in [0.5, 0.6) is 0 Å². The zero-order valence-corrected chi connectivity index (χ0v) is 34.1. The summed E-state index contributed by atoms with van der Waals surface area (Å²) in [6.45, 7) is 0. The molecule has 0 saturated carbocycles. The van der Waals surface area contributed by atoms with Crippen molar-refractivity contribution < 1.29 is 13.4 Å². The molecule has 8 aromatic rings. The zero-order valence-electron chi connectivity index (χ0n) is 29.2. The molecule has 0 saturated heterocycles. The Hall–Kier alpha value is -5.27. The molecule has 6 aromatic carbocycles. The van der Waals surface area contributed by atoms with E-state index in [9.17, 15) is 8.78 Å². The fourth-order valence-electron chi connectivity index (χ4n) is 5.09. The summed E-state index contributed by atoms with van der Waals surface area (Å²) in [5, 5.41) is 26.4. The maximum Gasteiger partial charge on any atom is 0.143 e. The number of nitrogens with one attached hydrogen (secondary N) is 2. The highest BCUT2D eigenvalue weighted by Gasteiger charge is 2.15. The van der Waals surface area contributed by atoms with E-state index in [1.165, 1.54) is 60.3 Å². The molecule has 0 aliphatic carbocycles. The van der Waals surface area contributed by atoms with E-state index in [1.54, 1.807) is 24.3 Å². The van der Waals surface area contributed by atoms with Crippen molar-refractivity contribution in [2.24, 2.45) is 0 Å². The molecule has 2 aromatic heterocycles. The number of aromatic nitrogens is 4. The molecule has 0 fully saturated rings. The maximum absolute atomic E-state index is 12.8. The van der Waals surface area contributed by atoms with Crippen LogP contribution in [0.15, 0.2) is 150 Å². The van der Waals surface area contributed by atoms with Gasteiger partial charge in [0.05, 0.1) is 23.2 Å². The van der Waals surface area contributed by atoms with Crippen molar-refractivity contribution in [2.75, 3.05) is 0 Å². The predicted octanol–water partition coefficient (Wildman–Crippen LogP) is 13.4. The summed E-state index contributed by atoms with van der Waals surface area (Å²) in [7, 11) is 0. The van der Waals surface area contributed by atoms with Gasteiger partial charge in [0.15, 0.2) is 0 Å². The van der Waals surface area contributed by atoms with E-state index in [4.69, 9.17) is 61.9 Å². The Morgan fingerprint density at radius 3 is 0.965 bits per heavy atom. The van der Waals surface area contributed by atoms with Crippen molar-refractivity contribution in [3.8, 4) is 45.0 Å². The SMILES string of the molecule is Clc1ccc(-c2nonc2-c2ccc(Cl)cc2)cc1.Clc1ccc(-c2nsnc2-c2ccc(Cl)cc2)cc1.N=C(C(=N)c1ccc(F)cc1)c1ccc(F)cc1.S. The fraction of sp³-hybridized carbons (Fsp3) is 0. The molecule has 0 unspecified atom stereocenters. The topological polar surface area (TPSA) is 112 Å². The molecule has 0 bridgehead atoms. The molecular weight excluding hydrogens is 848 g/mol. The van der Waals surface area contributed by atoms with Crippen molar-refractivity contribution in [1.82, 2.24) is 19.1 Å². The Morgan fingerprint density at radius 2 is 0.684 bits per heavy atom. The van der Waals surface area contributed by atoms with Crippen molar-refractivity contribution in [3.05, 3.63) is 188 Å². The summed E-state index contributed by atoms with van der Waals surface area (Å²) in [6, 6.07) is 40.6. The summed E-state index contributed by atoms with van der Waals surface area (Å²) in [6.07, 6.45) is 0. The molecule has 57 heavy (non-hydrogen) atoms. The number of hydrogen-bond donors (Lipinski definition) is 2. The van der Waals surface area contributed by atoms with E-state index >= 15 is 0 Å². The van der Waals surface area contributed by atoms with Crippen molar-refractivity contribution in [1.29, 1.82) is 10.8 Å². The Morgan fingerprint density at radius 1 is 0.421 bits per heavy atom. The van der Waals surface area contributed by atoms with Crippen LogP contribution in [-0.2, 0) is 0 Å². The van der Waals surface area contributed by atoms with Crippen LogP contribution in [0.4, 0.5) is 8.78 Å². The van der Waals surface area contributed by atoms with E-state index in [-0.39, 0.29) is 36.6 Å². The van der Waals surface area contributed by atoms with Crippen molar-refractivity contribution >= 4 is 83.1 Å². The minimum atomic E-state index is -0.389. The van der Waals surface area contributed by atoms with E-state index in [1.807, 2.05) is 72.8 Å². The first-order valence-corrected chi connectivity index (χ1v) is 18.7. The monoisotopic (exact) mass is 874 g/mol. The second-order valence-corrected chi connectivity index (χ2v) is 14.0. The molecule has 0 atom stereocenters. The summed E-state index contributed by atoms with van der Waals surface area (Å²) >= 11 is 24.7. The van der Waals surface area contributed by atoms with Crippen LogP contribution in [0.3, 0.4) is 0 Å². The lowest BCUT2D eigenvalue weighted by Gasteiger charge is -2.06. The lowest BCUT2D eigenvalue weighted by Crippen LogP contribution is -2.14. The van der Waals surface area contributed by atoms with Gasteiger partial charge >= 0.3 is 0 Å². The molecule has 0 aliphatic rings. The maximum atomic E-state index is 12.8. The van der Waals surface area contributed by atoms with Crippen LogP contribution in [0.1, 0.15) is 11.1 Å². The average Bonchev–Trinajstić information content (AvgIpc) is 3.91. The third-order valence-corrected chi connectivity index (χ3v) is 9.50. The number of hydrogen-bond acceptors (Lipinski definition) is 8. The summed E-state index contributed by atoms with van der Waals surface area (Å²) in [5.74, 6) is -0.778. The van der Waals surface area contributed by atoms with Crippen LogP contribution in [0.25, 0.3) is 45.0 Å². The molecule has 8 rings (SSSR count). The first-order chi connectivity index (χ1) is 27.0. The second-order valence-electron chi connectivity index (χ2n) is 11.7. The summed E-state index contributed by atoms with van der Waals surface area (Å²) < 4.78 is 39.1. The first kappa shape index (κ1) is 42.9. The molecule has 0 amide bonds. The largest absolute Gasteiger partial charge is 0.298 e. The number of nitrogens with zero attached hydrogens (tertiary/aromatic N) is 4. The standard InChI is InChI=1S/C14H8Cl2N2O.C14H8Cl2N2S.C14H10F2N2.H2S/c2*15-11-5-1-9(2-6-11)13-14(18-19-17-13)10-3-7-12(16)8-4-10;15-11-5-1-9(2-6-11)13(17)14(18)10-3-7-12(16)8-4-10;/h2*1-8H;1-8,17-18H;1H2. The molecule has 0 radical (unpaired) electrons. The Kier molecular flexibility index (Phi) is 15.2. The van der Waals surface area contributed by atoms with Gasteiger partial charge in [-0.05, 0) is 107 Å². The van der Waals surface area contributed by atoms with Gasteiger partial charge < -0.3 is 0 Å². The third-order valence-electron chi connectivity index (χ3n) is 7.96. The highest BCUT2D eigenvalue weighted by molar-refractivity contribution is 7.59. The Bertz CT molecular complexity index is 2250. The van der Waals surface area contributed by atoms with Gasteiger partial charge in [-0.2, -0.15) is 22.2 Å². The lowest BCUT2D eigenvalue weighted by molar-refractivity contribution is 0.310. The highest BCUT2D eigenvalue weighted by atomic mass is 35.5. The quantitative estimate of drug-likeness (QED) is 0.155. The smallest absolute Gasteiger partial charge is 0.143 e. The third kappa shape index (κ3) is 11.4. The van der Waals surface area contributed by atoms with E-state index < -0.39 is 0 Å². The summed E-state index contributed by atoms with van der Waals surface area (Å²) in [5.41, 5.74) is 7.74. The predicted molar refractivity (Wildman–Crippen MR) is 233 cm³/mol. The fourth-order valence-corrected chi connectivity index (χ4v) is 6.18. The number of halogens is 6. The average molecular weight is 877 g/mol. The van der Waals surface area contributed by atoms with Gasteiger partial charge in [0.25, 0.3) is 0 Å². The first-order valence-electron chi connectivity index (χ1n) is 16.4. The van der Waals surface area contributed by atoms with Gasteiger partial charge in [-0.1, -0.05) is 94.9 Å². The van der Waals surface area contributed by atoms with E-state index in [0.717, 1.165) is 33.6 Å². The van der Waals surface area contributed by atoms with E-state index in [0.29, 0.717) is 42.6 Å². The van der Waals surface area contributed by atoms with Crippen molar-refractivity contribution in [2.45, 2.75) is 0 Å². The second kappa shape index (κ2) is 20.2. The zero-order chi connectivity index (χ0) is 39.6. The van der Waals surface area contributed by atoms with Crippen LogP contribution in [-0.4, -0.2) is 30.5 Å². The van der Waals surface area contributed by atoms with Gasteiger partial charge in [0, 0.05) is 53.5 Å². The highest BCUT2D eigenvalue weighted by Crippen LogP contribution is 2.32. The minimum Gasteiger partial charge on any atom is -0.298 e. The summed E-state index contributed by atoms with van der Waals surface area (Å²) in [4.78, 5) is 0. The molecular formula is C42H28Cl4F2N6OS2. The van der Waals surface area contributed by atoms with Gasteiger partial charge in [0.2, 0.25) is 0 Å². The van der Waals surface area contributed by atoms with E-state index in [2.05, 4.69) is 19.1 Å². The van der Waals surface area contributed by atoms with Crippen molar-refractivity contribution in [3.63, 3.8) is 0 Å². The van der Waals surface area contributed by atoms with Gasteiger partial charge in [-0.25, -0.2) is 13.4 Å². The normalized spacial score (nSPS) is 10.3. The lowest BCUT2D eigenvalue weighted by atomic mass is 10.00. The molecule has 2 heterocycles. The minimum absolute atomic E-state index is 0. The van der Waals surface area contributed by atoms with Gasteiger partial charge in [0.1, 0.15) is 34.4 Å². The molecule has 0 aliphatic heterocycles. The molecule has 286 valence electrons. The molecule has 7 nitrogen and oxygen atoms in total. The molecule has 2 N–H and O–H groups in total. The van der Waals surface area contributed by atoms with Gasteiger partial charge in [-0.15, -0.1) is 0 Å². The number of rotatable bonds is 7. The number of benzene rings is 6. The Balaban J connectivity index is 0.000000162. The van der Waals surface area contributed by atoms with Crippen LogP contribution in [0, 0.1) is 22.5 Å². The van der Waals surface area contributed by atoms with Crippen LogP contribution >= 0.6 is 71.6 Å². The van der Waals surface area contributed by atoms with Crippen LogP contribution in [0.2, 0.25) is 20.1 Å². The van der Waals surface area contributed by atoms with Gasteiger partial charge in [-0.3, -0.25) is 10.8 Å². The Labute approximate surface area is 357 Å².